The Morgan fingerprint density at radius 2 is 1.88 bits per heavy atom. The number of halogens is 1. The molecule has 0 aromatic heterocycles. The summed E-state index contributed by atoms with van der Waals surface area (Å²) in [5.74, 6) is -0.695. The topological polar surface area (TPSA) is 49.3 Å². The maximum absolute atomic E-state index is 10.5. The van der Waals surface area contributed by atoms with Crippen LogP contribution in [0.5, 0.6) is 0 Å². The summed E-state index contributed by atoms with van der Waals surface area (Å²) < 4.78 is 0. The van der Waals surface area contributed by atoms with Crippen LogP contribution in [-0.2, 0) is 4.79 Å². The van der Waals surface area contributed by atoms with Gasteiger partial charge in [-0.1, -0.05) is 19.3 Å². The normalized spacial score (nSPS) is 26.7. The largest absolute Gasteiger partial charge is 0.481 e. The molecule has 1 unspecified atom stereocenters. The van der Waals surface area contributed by atoms with Crippen LogP contribution in [0.3, 0.4) is 0 Å². The average molecular weight is 353 g/mol. The Kier molecular flexibility index (Phi) is 6.20. The molecule has 0 amide bonds. The Morgan fingerprint density at radius 3 is 2.53 bits per heavy atom. The highest BCUT2D eigenvalue weighted by Crippen LogP contribution is 2.48. The maximum atomic E-state index is 10.5. The molecule has 0 bridgehead atoms. The third-order valence-corrected chi connectivity index (χ3v) is 4.38. The molecule has 4 heteroatoms. The molecule has 0 aromatic rings. The van der Waals surface area contributed by atoms with E-state index in [1.807, 2.05) is 0 Å². The fraction of sp³-hybridized carbons (Fsp3) is 0.923. The number of carboxylic acids is 1. The number of aliphatic carboxylic acids is 1. The lowest BCUT2D eigenvalue weighted by molar-refractivity contribution is -0.136. The lowest BCUT2D eigenvalue weighted by Crippen LogP contribution is -2.39. The van der Waals surface area contributed by atoms with Gasteiger partial charge in [-0.2, -0.15) is 0 Å². The van der Waals surface area contributed by atoms with Gasteiger partial charge in [0.2, 0.25) is 0 Å². The van der Waals surface area contributed by atoms with Crippen molar-refractivity contribution in [1.29, 1.82) is 0 Å². The van der Waals surface area contributed by atoms with Crippen molar-refractivity contribution in [3.05, 3.63) is 0 Å². The quantitative estimate of drug-likeness (QED) is 0.764. The molecule has 0 radical (unpaired) electrons. The van der Waals surface area contributed by atoms with Crippen molar-refractivity contribution in [2.24, 2.45) is 5.41 Å². The molecule has 2 aliphatic rings. The van der Waals surface area contributed by atoms with Gasteiger partial charge in [-0.05, 0) is 37.5 Å². The van der Waals surface area contributed by atoms with Gasteiger partial charge in [0.25, 0.3) is 0 Å². The Labute approximate surface area is 121 Å². The summed E-state index contributed by atoms with van der Waals surface area (Å²) in [4.78, 5) is 10.5. The highest BCUT2D eigenvalue weighted by atomic mass is 127. The third-order valence-electron chi connectivity index (χ3n) is 4.38. The van der Waals surface area contributed by atoms with Gasteiger partial charge in [0, 0.05) is 12.6 Å². The van der Waals surface area contributed by atoms with E-state index in [1.54, 1.807) is 0 Å². The summed E-state index contributed by atoms with van der Waals surface area (Å²) in [5, 5.41) is 12.0. The number of rotatable bonds is 4. The Morgan fingerprint density at radius 1 is 1.24 bits per heavy atom. The molecule has 2 aliphatic carbocycles. The van der Waals surface area contributed by atoms with E-state index >= 15 is 0 Å². The van der Waals surface area contributed by atoms with Crippen LogP contribution < -0.4 is 5.32 Å². The van der Waals surface area contributed by atoms with Crippen LogP contribution in [0.15, 0.2) is 0 Å². The molecule has 2 fully saturated rings. The van der Waals surface area contributed by atoms with Crippen molar-refractivity contribution in [2.75, 3.05) is 6.54 Å². The first-order chi connectivity index (χ1) is 7.70. The Bertz CT molecular complexity index is 252. The van der Waals surface area contributed by atoms with E-state index in [2.05, 4.69) is 5.32 Å². The van der Waals surface area contributed by atoms with Gasteiger partial charge in [0.15, 0.2) is 0 Å². The van der Waals surface area contributed by atoms with Crippen molar-refractivity contribution in [1.82, 2.24) is 5.32 Å². The van der Waals surface area contributed by atoms with Gasteiger partial charge < -0.3 is 10.4 Å². The van der Waals surface area contributed by atoms with E-state index in [4.69, 9.17) is 5.11 Å². The molecule has 1 atom stereocenters. The zero-order valence-corrected chi connectivity index (χ0v) is 12.7. The number of hydrogen-bond donors (Lipinski definition) is 2. The number of hydrogen-bond acceptors (Lipinski definition) is 2. The monoisotopic (exact) mass is 353 g/mol. The molecular weight excluding hydrogens is 329 g/mol. The molecule has 100 valence electrons. The van der Waals surface area contributed by atoms with Gasteiger partial charge in [0.05, 0.1) is 6.42 Å². The summed E-state index contributed by atoms with van der Waals surface area (Å²) in [6.45, 7) is 0.635. The van der Waals surface area contributed by atoms with Crippen molar-refractivity contribution >= 4 is 29.9 Å². The smallest absolute Gasteiger partial charge is 0.304 e. The fourth-order valence-corrected chi connectivity index (χ4v) is 3.59. The average Bonchev–Trinajstić information content (AvgIpc) is 2.66. The molecule has 0 aromatic carbocycles. The van der Waals surface area contributed by atoms with Crippen LogP contribution in [0.1, 0.15) is 57.8 Å². The lowest BCUT2D eigenvalue weighted by atomic mass is 9.71. The minimum absolute atomic E-state index is 0. The molecule has 0 aliphatic heterocycles. The van der Waals surface area contributed by atoms with Crippen LogP contribution in [0, 0.1) is 5.41 Å². The molecule has 17 heavy (non-hydrogen) atoms. The SMILES string of the molecule is I.O=C(O)CCNC1CCCC2(CCCC2)C1. The Hall–Kier alpha value is 0.160. The van der Waals surface area contributed by atoms with Crippen LogP contribution in [0.4, 0.5) is 0 Å². The first-order valence-electron chi connectivity index (χ1n) is 6.65. The first kappa shape index (κ1) is 15.2. The summed E-state index contributed by atoms with van der Waals surface area (Å²) in [5.41, 5.74) is 0.624. The minimum atomic E-state index is -0.695. The standard InChI is InChI=1S/C13H23NO2.HI/c15-12(16)5-9-14-11-4-3-8-13(10-11)6-1-2-7-13;/h11,14H,1-10H2,(H,15,16);1H. The minimum Gasteiger partial charge on any atom is -0.481 e. The number of carbonyl (C=O) groups is 1. The predicted octanol–water partition coefficient (Wildman–Crippen LogP) is 3.17. The van der Waals surface area contributed by atoms with E-state index < -0.39 is 5.97 Å². The van der Waals surface area contributed by atoms with Crippen molar-refractivity contribution < 1.29 is 9.90 Å². The van der Waals surface area contributed by atoms with Gasteiger partial charge in [-0.15, -0.1) is 24.0 Å². The van der Waals surface area contributed by atoms with Crippen molar-refractivity contribution in [2.45, 2.75) is 63.8 Å². The zero-order chi connectivity index (χ0) is 11.4. The zero-order valence-electron chi connectivity index (χ0n) is 10.4. The van der Waals surface area contributed by atoms with Crippen LogP contribution in [0.25, 0.3) is 0 Å². The number of carboxylic acid groups (broad SMARTS) is 1. The molecule has 1 spiro atoms. The van der Waals surface area contributed by atoms with Crippen LogP contribution in [0.2, 0.25) is 0 Å². The van der Waals surface area contributed by atoms with Gasteiger partial charge in [-0.25, -0.2) is 0 Å². The van der Waals surface area contributed by atoms with E-state index in [1.165, 1.54) is 51.4 Å². The van der Waals surface area contributed by atoms with Gasteiger partial charge in [-0.3, -0.25) is 4.79 Å². The third kappa shape index (κ3) is 4.39. The maximum Gasteiger partial charge on any atom is 0.304 e. The van der Waals surface area contributed by atoms with Crippen LogP contribution >= 0.6 is 24.0 Å². The molecule has 2 saturated carbocycles. The van der Waals surface area contributed by atoms with Crippen molar-refractivity contribution in [3.8, 4) is 0 Å². The van der Waals surface area contributed by atoms with E-state index in [0.29, 0.717) is 18.0 Å². The molecule has 2 N–H and O–H groups in total. The summed E-state index contributed by atoms with van der Waals surface area (Å²) in [7, 11) is 0. The first-order valence-corrected chi connectivity index (χ1v) is 6.65. The van der Waals surface area contributed by atoms with Gasteiger partial charge in [0.1, 0.15) is 0 Å². The predicted molar refractivity (Wildman–Crippen MR) is 78.8 cm³/mol. The fourth-order valence-electron chi connectivity index (χ4n) is 3.59. The molecule has 2 rings (SSSR count). The molecule has 3 nitrogen and oxygen atoms in total. The second-order valence-corrected chi connectivity index (χ2v) is 5.60. The summed E-state index contributed by atoms with van der Waals surface area (Å²) >= 11 is 0. The Balaban J connectivity index is 0.00000144. The second-order valence-electron chi connectivity index (χ2n) is 5.60. The summed E-state index contributed by atoms with van der Waals surface area (Å²) in [6.07, 6.45) is 11.1. The molecule has 0 saturated heterocycles. The second kappa shape index (κ2) is 6.92. The van der Waals surface area contributed by atoms with Crippen LogP contribution in [-0.4, -0.2) is 23.7 Å². The van der Waals surface area contributed by atoms with E-state index in [0.717, 1.165) is 0 Å². The highest BCUT2D eigenvalue weighted by Gasteiger charge is 2.38. The molecular formula is C13H24INO2. The lowest BCUT2D eigenvalue weighted by Gasteiger charge is -2.38. The highest BCUT2D eigenvalue weighted by molar-refractivity contribution is 14.0. The van der Waals surface area contributed by atoms with Crippen molar-refractivity contribution in [3.63, 3.8) is 0 Å². The summed E-state index contributed by atoms with van der Waals surface area (Å²) in [6, 6.07) is 0.575. The molecule has 0 heterocycles. The van der Waals surface area contributed by atoms with E-state index in [-0.39, 0.29) is 30.4 Å². The van der Waals surface area contributed by atoms with E-state index in [9.17, 15) is 4.79 Å². The van der Waals surface area contributed by atoms with Gasteiger partial charge >= 0.3 is 5.97 Å². The number of nitrogens with one attached hydrogen (secondary N) is 1.